The molecule has 1 aliphatic rings. The fourth-order valence-electron chi connectivity index (χ4n) is 3.39. The van der Waals surface area contributed by atoms with Crippen LogP contribution in [0.15, 0.2) is 43.5 Å². The maximum absolute atomic E-state index is 12.7. The van der Waals surface area contributed by atoms with Crippen molar-refractivity contribution in [2.24, 2.45) is 7.05 Å². The number of nitrogens with zero attached hydrogens (tertiary/aromatic N) is 7. The molecule has 4 rings (SSSR count). The fraction of sp³-hybridized carbons (Fsp3) is 0.333. The van der Waals surface area contributed by atoms with Gasteiger partial charge in [0, 0.05) is 50.8 Å². The second kappa shape index (κ2) is 6.99. The Hall–Kier alpha value is -3.16. The molecule has 3 aromatic heterocycles. The number of likely N-dealkylation sites (tertiary alicyclic amines) is 1. The predicted octanol–water partition coefficient (Wildman–Crippen LogP) is 1.69. The fourth-order valence-corrected chi connectivity index (χ4v) is 3.39. The number of carbonyl (C=O) groups excluding carboxylic acids is 1. The number of carbonyl (C=O) groups is 1. The Labute approximate surface area is 151 Å². The zero-order valence-corrected chi connectivity index (χ0v) is 14.5. The molecule has 1 amide bonds. The van der Waals surface area contributed by atoms with Crippen LogP contribution in [0.5, 0.6) is 0 Å². The lowest BCUT2D eigenvalue weighted by Crippen LogP contribution is -2.39. The highest BCUT2D eigenvalue weighted by Crippen LogP contribution is 2.31. The first-order chi connectivity index (χ1) is 12.7. The molecule has 4 heterocycles. The first-order valence-electron chi connectivity index (χ1n) is 8.57. The van der Waals surface area contributed by atoms with Crippen LogP contribution in [0, 0.1) is 0 Å². The Bertz CT molecular complexity index is 909. The SMILES string of the molecule is Cn1cncc1-c1nccnc1[C@@H]1CCCN(C(=O)c2cnccn2)C1. The van der Waals surface area contributed by atoms with Crippen molar-refractivity contribution in [1.29, 1.82) is 0 Å². The normalized spacial score (nSPS) is 17.3. The zero-order valence-electron chi connectivity index (χ0n) is 14.5. The molecule has 3 aromatic rings. The number of rotatable bonds is 3. The van der Waals surface area contributed by atoms with Gasteiger partial charge in [-0.25, -0.2) is 9.97 Å². The number of amides is 1. The van der Waals surface area contributed by atoms with Crippen molar-refractivity contribution in [1.82, 2.24) is 34.4 Å². The van der Waals surface area contributed by atoms with E-state index in [2.05, 4.69) is 24.9 Å². The smallest absolute Gasteiger partial charge is 0.274 e. The average molecular weight is 349 g/mol. The number of piperidine rings is 1. The highest BCUT2D eigenvalue weighted by atomic mass is 16.2. The summed E-state index contributed by atoms with van der Waals surface area (Å²) in [5.41, 5.74) is 3.03. The van der Waals surface area contributed by atoms with E-state index in [0.717, 1.165) is 29.9 Å². The minimum Gasteiger partial charge on any atom is -0.337 e. The molecular formula is C18H19N7O. The Morgan fingerprint density at radius 2 is 1.92 bits per heavy atom. The van der Waals surface area contributed by atoms with Crippen molar-refractivity contribution in [2.75, 3.05) is 13.1 Å². The van der Waals surface area contributed by atoms with Gasteiger partial charge in [-0.3, -0.25) is 19.7 Å². The lowest BCUT2D eigenvalue weighted by molar-refractivity contribution is 0.0699. The highest BCUT2D eigenvalue weighted by molar-refractivity contribution is 5.92. The summed E-state index contributed by atoms with van der Waals surface area (Å²) in [6.45, 7) is 1.31. The van der Waals surface area contributed by atoms with E-state index in [1.807, 2.05) is 16.5 Å². The van der Waals surface area contributed by atoms with Crippen molar-refractivity contribution < 1.29 is 4.79 Å². The van der Waals surface area contributed by atoms with Gasteiger partial charge in [0.05, 0.1) is 30.1 Å². The van der Waals surface area contributed by atoms with Gasteiger partial charge in [0.1, 0.15) is 11.4 Å². The summed E-state index contributed by atoms with van der Waals surface area (Å²) < 4.78 is 1.93. The summed E-state index contributed by atoms with van der Waals surface area (Å²) >= 11 is 0. The molecule has 8 heteroatoms. The van der Waals surface area contributed by atoms with Gasteiger partial charge in [-0.05, 0) is 12.8 Å². The largest absolute Gasteiger partial charge is 0.337 e. The van der Waals surface area contributed by atoms with E-state index in [9.17, 15) is 4.79 Å². The van der Waals surface area contributed by atoms with Crippen LogP contribution < -0.4 is 0 Å². The van der Waals surface area contributed by atoms with Gasteiger partial charge in [-0.1, -0.05) is 0 Å². The minimum absolute atomic E-state index is 0.0891. The number of aromatic nitrogens is 6. The zero-order chi connectivity index (χ0) is 17.9. The average Bonchev–Trinajstić information content (AvgIpc) is 3.14. The van der Waals surface area contributed by atoms with Crippen LogP contribution in [-0.4, -0.2) is 53.4 Å². The molecule has 1 fully saturated rings. The summed E-state index contributed by atoms with van der Waals surface area (Å²) in [4.78, 5) is 36.0. The van der Waals surface area contributed by atoms with Gasteiger partial charge >= 0.3 is 0 Å². The summed E-state index contributed by atoms with van der Waals surface area (Å²) in [6.07, 6.45) is 13.4. The molecule has 0 spiro atoms. The number of aryl methyl sites for hydroxylation is 1. The van der Waals surface area contributed by atoms with E-state index < -0.39 is 0 Å². The van der Waals surface area contributed by atoms with Crippen molar-refractivity contribution in [3.8, 4) is 11.4 Å². The third kappa shape index (κ3) is 3.05. The van der Waals surface area contributed by atoms with Gasteiger partial charge in [-0.2, -0.15) is 0 Å². The molecule has 0 bridgehead atoms. The van der Waals surface area contributed by atoms with E-state index >= 15 is 0 Å². The van der Waals surface area contributed by atoms with E-state index in [-0.39, 0.29) is 11.8 Å². The molecule has 1 atom stereocenters. The van der Waals surface area contributed by atoms with Gasteiger partial charge in [0.15, 0.2) is 0 Å². The highest BCUT2D eigenvalue weighted by Gasteiger charge is 2.29. The van der Waals surface area contributed by atoms with Gasteiger partial charge in [0.2, 0.25) is 0 Å². The molecule has 1 aliphatic heterocycles. The molecule has 0 N–H and O–H groups in total. The quantitative estimate of drug-likeness (QED) is 0.715. The first-order valence-corrected chi connectivity index (χ1v) is 8.57. The summed E-state index contributed by atoms with van der Waals surface area (Å²) in [5.74, 6) is 0.0387. The van der Waals surface area contributed by atoms with Crippen LogP contribution in [0.25, 0.3) is 11.4 Å². The maximum Gasteiger partial charge on any atom is 0.274 e. The minimum atomic E-state index is -0.0891. The van der Waals surface area contributed by atoms with Gasteiger partial charge < -0.3 is 9.47 Å². The molecule has 132 valence electrons. The second-order valence-corrected chi connectivity index (χ2v) is 6.36. The van der Waals surface area contributed by atoms with Crippen molar-refractivity contribution in [2.45, 2.75) is 18.8 Å². The first kappa shape index (κ1) is 16.3. The topological polar surface area (TPSA) is 89.7 Å². The monoisotopic (exact) mass is 349 g/mol. The van der Waals surface area contributed by atoms with Crippen LogP contribution in [0.4, 0.5) is 0 Å². The lowest BCUT2D eigenvalue weighted by atomic mass is 9.92. The van der Waals surface area contributed by atoms with Crippen LogP contribution in [-0.2, 0) is 7.05 Å². The summed E-state index contributed by atoms with van der Waals surface area (Å²) in [5, 5.41) is 0. The van der Waals surface area contributed by atoms with Crippen molar-refractivity contribution >= 4 is 5.91 Å². The Balaban J connectivity index is 1.61. The number of hydrogen-bond acceptors (Lipinski definition) is 6. The molecule has 1 saturated heterocycles. The third-order valence-corrected chi connectivity index (χ3v) is 4.66. The molecule has 26 heavy (non-hydrogen) atoms. The molecular weight excluding hydrogens is 330 g/mol. The number of hydrogen-bond donors (Lipinski definition) is 0. The standard InChI is InChI=1S/C18H19N7O/c1-24-12-20-10-15(24)17-16(22-6-7-23-17)13-3-2-8-25(11-13)18(26)14-9-19-4-5-21-14/h4-7,9-10,12-13H,2-3,8,11H2,1H3/t13-/m1/s1. The molecule has 0 aliphatic carbocycles. The van der Waals surface area contributed by atoms with E-state index in [0.29, 0.717) is 18.8 Å². The predicted molar refractivity (Wildman–Crippen MR) is 94.1 cm³/mol. The third-order valence-electron chi connectivity index (χ3n) is 4.66. The van der Waals surface area contributed by atoms with Crippen molar-refractivity contribution in [3.05, 3.63) is 54.9 Å². The number of imidazole rings is 1. The second-order valence-electron chi connectivity index (χ2n) is 6.36. The molecule has 0 saturated carbocycles. The van der Waals surface area contributed by atoms with Crippen LogP contribution in [0.3, 0.4) is 0 Å². The van der Waals surface area contributed by atoms with Crippen molar-refractivity contribution in [3.63, 3.8) is 0 Å². The van der Waals surface area contributed by atoms with Gasteiger partial charge in [0.25, 0.3) is 5.91 Å². The Morgan fingerprint density at radius 1 is 1.08 bits per heavy atom. The van der Waals surface area contributed by atoms with E-state index in [1.165, 1.54) is 12.4 Å². The molecule has 0 unspecified atom stereocenters. The summed E-state index contributed by atoms with van der Waals surface area (Å²) in [6, 6.07) is 0. The molecule has 0 aromatic carbocycles. The maximum atomic E-state index is 12.7. The summed E-state index contributed by atoms with van der Waals surface area (Å²) in [7, 11) is 1.94. The van der Waals surface area contributed by atoms with Crippen LogP contribution >= 0.6 is 0 Å². The lowest BCUT2D eigenvalue weighted by Gasteiger charge is -2.32. The van der Waals surface area contributed by atoms with Gasteiger partial charge in [-0.15, -0.1) is 0 Å². The van der Waals surface area contributed by atoms with E-state index in [4.69, 9.17) is 0 Å². The van der Waals surface area contributed by atoms with E-state index in [1.54, 1.807) is 31.1 Å². The Morgan fingerprint density at radius 3 is 2.69 bits per heavy atom. The molecule has 8 nitrogen and oxygen atoms in total. The Kier molecular flexibility index (Phi) is 4.39. The van der Waals surface area contributed by atoms with Crippen LogP contribution in [0.2, 0.25) is 0 Å². The van der Waals surface area contributed by atoms with Crippen LogP contribution in [0.1, 0.15) is 34.9 Å². The molecule has 0 radical (unpaired) electrons.